The standard InChI is InChI=1S/C21H34N2O2/c1-4-5-6-21(24)17-23(10-9-22-11-13-25-14-12-22)16-20-8-7-18(2)15-19(20)3/h4,7-8,15,21,24H,1,5-6,9-14,16-17H2,2-3H3/t21-/m0/s1. The molecule has 4 heteroatoms. The Morgan fingerprint density at radius 2 is 2.08 bits per heavy atom. The second-order valence-electron chi connectivity index (χ2n) is 7.14. The van der Waals surface area contributed by atoms with Gasteiger partial charge in [-0.2, -0.15) is 0 Å². The molecule has 1 aliphatic rings. The molecule has 4 nitrogen and oxygen atoms in total. The van der Waals surface area contributed by atoms with Crippen molar-refractivity contribution >= 4 is 0 Å². The van der Waals surface area contributed by atoms with E-state index in [2.05, 4.69) is 48.4 Å². The first-order valence-corrected chi connectivity index (χ1v) is 9.46. The fourth-order valence-corrected chi connectivity index (χ4v) is 3.31. The number of allylic oxidation sites excluding steroid dienone is 1. The molecular weight excluding hydrogens is 312 g/mol. The number of benzene rings is 1. The fourth-order valence-electron chi connectivity index (χ4n) is 3.31. The van der Waals surface area contributed by atoms with Crippen molar-refractivity contribution in [2.24, 2.45) is 0 Å². The van der Waals surface area contributed by atoms with E-state index in [1.54, 1.807) is 0 Å². The number of ether oxygens (including phenoxy) is 1. The summed E-state index contributed by atoms with van der Waals surface area (Å²) in [4.78, 5) is 4.84. The molecule has 0 radical (unpaired) electrons. The van der Waals surface area contributed by atoms with Crippen molar-refractivity contribution in [3.8, 4) is 0 Å². The highest BCUT2D eigenvalue weighted by Gasteiger charge is 2.16. The van der Waals surface area contributed by atoms with Crippen LogP contribution in [0.5, 0.6) is 0 Å². The quantitative estimate of drug-likeness (QED) is 0.661. The molecule has 140 valence electrons. The van der Waals surface area contributed by atoms with E-state index in [-0.39, 0.29) is 6.10 Å². The number of aliphatic hydroxyl groups excluding tert-OH is 1. The van der Waals surface area contributed by atoms with Crippen LogP contribution in [-0.2, 0) is 11.3 Å². The van der Waals surface area contributed by atoms with Crippen LogP contribution in [0.2, 0.25) is 0 Å². The molecule has 0 bridgehead atoms. The van der Waals surface area contributed by atoms with Gasteiger partial charge in [-0.05, 0) is 37.8 Å². The first-order valence-electron chi connectivity index (χ1n) is 9.46. The van der Waals surface area contributed by atoms with Crippen LogP contribution in [0.4, 0.5) is 0 Å². The van der Waals surface area contributed by atoms with Crippen LogP contribution in [0.3, 0.4) is 0 Å². The maximum atomic E-state index is 10.4. The van der Waals surface area contributed by atoms with Gasteiger partial charge < -0.3 is 9.84 Å². The van der Waals surface area contributed by atoms with E-state index in [1.807, 2.05) is 6.08 Å². The lowest BCUT2D eigenvalue weighted by molar-refractivity contribution is 0.0288. The Hall–Kier alpha value is -1.20. The van der Waals surface area contributed by atoms with Gasteiger partial charge in [0.15, 0.2) is 0 Å². The first-order chi connectivity index (χ1) is 12.1. The largest absolute Gasteiger partial charge is 0.392 e. The zero-order valence-corrected chi connectivity index (χ0v) is 15.9. The summed E-state index contributed by atoms with van der Waals surface area (Å²) in [5.74, 6) is 0. The van der Waals surface area contributed by atoms with Crippen molar-refractivity contribution < 1.29 is 9.84 Å². The molecule has 0 unspecified atom stereocenters. The van der Waals surface area contributed by atoms with E-state index in [1.165, 1.54) is 16.7 Å². The van der Waals surface area contributed by atoms with Crippen LogP contribution < -0.4 is 0 Å². The molecule has 0 saturated carbocycles. The molecule has 0 aliphatic carbocycles. The van der Waals surface area contributed by atoms with E-state index < -0.39 is 0 Å². The molecular formula is C21H34N2O2. The molecule has 1 atom stereocenters. The molecule has 1 heterocycles. The van der Waals surface area contributed by atoms with Gasteiger partial charge in [0.05, 0.1) is 19.3 Å². The van der Waals surface area contributed by atoms with Crippen molar-refractivity contribution in [1.82, 2.24) is 9.80 Å². The van der Waals surface area contributed by atoms with Gasteiger partial charge in [-0.3, -0.25) is 9.80 Å². The van der Waals surface area contributed by atoms with Crippen molar-refractivity contribution in [3.05, 3.63) is 47.5 Å². The Bertz CT molecular complexity index is 527. The molecule has 1 saturated heterocycles. The third kappa shape index (κ3) is 7.28. The maximum absolute atomic E-state index is 10.4. The number of aryl methyl sites for hydroxylation is 2. The number of nitrogens with zero attached hydrogens (tertiary/aromatic N) is 2. The van der Waals surface area contributed by atoms with Crippen LogP contribution >= 0.6 is 0 Å². The van der Waals surface area contributed by atoms with Crippen LogP contribution in [0, 0.1) is 13.8 Å². The number of morpholine rings is 1. The highest BCUT2D eigenvalue weighted by atomic mass is 16.5. The molecule has 1 aromatic carbocycles. The predicted molar refractivity (Wildman–Crippen MR) is 104 cm³/mol. The zero-order valence-electron chi connectivity index (χ0n) is 15.9. The van der Waals surface area contributed by atoms with E-state index in [4.69, 9.17) is 4.74 Å². The van der Waals surface area contributed by atoms with Crippen molar-refractivity contribution in [2.75, 3.05) is 45.9 Å². The molecule has 0 spiro atoms. The Labute approximate surface area is 153 Å². The SMILES string of the molecule is C=CCC[C@H](O)CN(CCN1CCOCC1)Cc1ccc(C)cc1C. The molecule has 2 rings (SSSR count). The van der Waals surface area contributed by atoms with Crippen molar-refractivity contribution in [2.45, 2.75) is 39.3 Å². The Kier molecular flexibility index (Phi) is 8.62. The van der Waals surface area contributed by atoms with Gasteiger partial charge in [0.1, 0.15) is 0 Å². The molecule has 1 fully saturated rings. The summed E-state index contributed by atoms with van der Waals surface area (Å²) in [6.07, 6.45) is 3.23. The highest BCUT2D eigenvalue weighted by Crippen LogP contribution is 2.14. The lowest BCUT2D eigenvalue weighted by atomic mass is 10.0. The Morgan fingerprint density at radius 3 is 2.76 bits per heavy atom. The lowest BCUT2D eigenvalue weighted by Gasteiger charge is -2.31. The van der Waals surface area contributed by atoms with Gasteiger partial charge in [-0.15, -0.1) is 6.58 Å². The fraction of sp³-hybridized carbons (Fsp3) is 0.619. The average molecular weight is 347 g/mol. The van der Waals surface area contributed by atoms with Crippen molar-refractivity contribution in [3.63, 3.8) is 0 Å². The summed E-state index contributed by atoms with van der Waals surface area (Å²) >= 11 is 0. The van der Waals surface area contributed by atoms with Gasteiger partial charge in [0.25, 0.3) is 0 Å². The molecule has 1 aliphatic heterocycles. The summed E-state index contributed by atoms with van der Waals surface area (Å²) < 4.78 is 5.43. The third-order valence-electron chi connectivity index (χ3n) is 4.90. The minimum Gasteiger partial charge on any atom is -0.392 e. The minimum atomic E-state index is -0.298. The number of rotatable bonds is 10. The first kappa shape index (κ1) is 20.1. The van der Waals surface area contributed by atoms with E-state index in [0.717, 1.165) is 58.8 Å². The van der Waals surface area contributed by atoms with Gasteiger partial charge >= 0.3 is 0 Å². The molecule has 0 aromatic heterocycles. The Balaban J connectivity index is 1.95. The van der Waals surface area contributed by atoms with Crippen molar-refractivity contribution in [1.29, 1.82) is 0 Å². The number of aliphatic hydroxyl groups is 1. The van der Waals surface area contributed by atoms with Gasteiger partial charge in [0, 0.05) is 39.3 Å². The second-order valence-corrected chi connectivity index (χ2v) is 7.14. The number of hydrogen-bond acceptors (Lipinski definition) is 4. The smallest absolute Gasteiger partial charge is 0.0670 e. The highest BCUT2D eigenvalue weighted by molar-refractivity contribution is 5.30. The maximum Gasteiger partial charge on any atom is 0.0670 e. The Morgan fingerprint density at radius 1 is 1.32 bits per heavy atom. The topological polar surface area (TPSA) is 35.9 Å². The lowest BCUT2D eigenvalue weighted by Crippen LogP contribution is -2.43. The van der Waals surface area contributed by atoms with Gasteiger partial charge in [-0.1, -0.05) is 29.8 Å². The predicted octanol–water partition coefficient (Wildman–Crippen LogP) is 2.76. The van der Waals surface area contributed by atoms with Crippen LogP contribution in [0.15, 0.2) is 30.9 Å². The van der Waals surface area contributed by atoms with E-state index in [0.29, 0.717) is 6.54 Å². The number of hydrogen-bond donors (Lipinski definition) is 1. The van der Waals surface area contributed by atoms with Gasteiger partial charge in [-0.25, -0.2) is 0 Å². The molecule has 1 N–H and O–H groups in total. The average Bonchev–Trinajstić information content (AvgIpc) is 2.61. The molecule has 1 aromatic rings. The summed E-state index contributed by atoms with van der Waals surface area (Å²) in [6, 6.07) is 6.64. The van der Waals surface area contributed by atoms with Crippen LogP contribution in [-0.4, -0.2) is 66.9 Å². The summed E-state index contributed by atoms with van der Waals surface area (Å²) in [5.41, 5.74) is 3.98. The summed E-state index contributed by atoms with van der Waals surface area (Å²) in [6.45, 7) is 15.4. The normalized spacial score (nSPS) is 17.0. The van der Waals surface area contributed by atoms with Gasteiger partial charge in [0.2, 0.25) is 0 Å². The minimum absolute atomic E-state index is 0.298. The third-order valence-corrected chi connectivity index (χ3v) is 4.90. The second kappa shape index (κ2) is 10.7. The summed E-state index contributed by atoms with van der Waals surface area (Å²) in [7, 11) is 0. The summed E-state index contributed by atoms with van der Waals surface area (Å²) in [5, 5.41) is 10.4. The van der Waals surface area contributed by atoms with Crippen LogP contribution in [0.25, 0.3) is 0 Å². The molecule has 0 amide bonds. The van der Waals surface area contributed by atoms with Crippen LogP contribution in [0.1, 0.15) is 29.5 Å². The monoisotopic (exact) mass is 346 g/mol. The molecule has 25 heavy (non-hydrogen) atoms. The zero-order chi connectivity index (χ0) is 18.1. The van der Waals surface area contributed by atoms with E-state index >= 15 is 0 Å². The van der Waals surface area contributed by atoms with E-state index in [9.17, 15) is 5.11 Å².